The van der Waals surface area contributed by atoms with Gasteiger partial charge in [0.25, 0.3) is 0 Å². The molecule has 8 rings (SSSR count). The molecule has 1 nitrogen and oxygen atoms in total. The Bertz CT molecular complexity index is 1090. The molecular formula is C30H36O. The van der Waals surface area contributed by atoms with Crippen LogP contribution in [0.15, 0.2) is 30.3 Å². The third-order valence-electron chi connectivity index (χ3n) is 12.1. The van der Waals surface area contributed by atoms with E-state index in [-0.39, 0.29) is 5.41 Å². The monoisotopic (exact) mass is 412 g/mol. The van der Waals surface area contributed by atoms with Crippen molar-refractivity contribution < 1.29 is 5.11 Å². The van der Waals surface area contributed by atoms with E-state index in [2.05, 4.69) is 30.3 Å². The van der Waals surface area contributed by atoms with Crippen molar-refractivity contribution in [3.05, 3.63) is 41.5 Å². The predicted molar refractivity (Wildman–Crippen MR) is 125 cm³/mol. The fraction of sp³-hybridized carbons (Fsp3) is 0.667. The summed E-state index contributed by atoms with van der Waals surface area (Å²) in [6.45, 7) is 0. The van der Waals surface area contributed by atoms with Crippen molar-refractivity contribution in [2.24, 2.45) is 35.5 Å². The van der Waals surface area contributed by atoms with Gasteiger partial charge in [0.15, 0.2) is 0 Å². The summed E-state index contributed by atoms with van der Waals surface area (Å²) in [7, 11) is 0. The zero-order valence-electron chi connectivity index (χ0n) is 18.8. The number of hydrogen-bond acceptors (Lipinski definition) is 1. The minimum atomic E-state index is 0.286. The van der Waals surface area contributed by atoms with E-state index in [1.165, 1.54) is 93.4 Å². The predicted octanol–water partition coefficient (Wildman–Crippen LogP) is 7.48. The Kier molecular flexibility index (Phi) is 3.42. The summed E-state index contributed by atoms with van der Waals surface area (Å²) in [5.74, 6) is 6.02. The van der Waals surface area contributed by atoms with E-state index in [0.717, 1.165) is 35.5 Å². The standard InChI is InChI=1S/C30H36O/c31-28-23-6-2-1-5-22(23)26(29-13-3-7-24(29)18-9-11-20(29)15-18)17-27(28)30-14-4-8-25(30)19-10-12-21(30)16-19/h1-2,5-6,17-21,24-25,31H,3-4,7-16H2. The minimum Gasteiger partial charge on any atom is -0.507 e. The fourth-order valence-corrected chi connectivity index (χ4v) is 11.3. The highest BCUT2D eigenvalue weighted by molar-refractivity contribution is 5.93. The van der Waals surface area contributed by atoms with E-state index in [1.54, 1.807) is 5.56 Å². The Morgan fingerprint density at radius 1 is 0.677 bits per heavy atom. The van der Waals surface area contributed by atoms with Crippen molar-refractivity contribution in [2.75, 3.05) is 0 Å². The first-order valence-electron chi connectivity index (χ1n) is 13.5. The van der Waals surface area contributed by atoms with Gasteiger partial charge in [0, 0.05) is 21.8 Å². The summed E-state index contributed by atoms with van der Waals surface area (Å²) in [4.78, 5) is 0. The van der Waals surface area contributed by atoms with Gasteiger partial charge in [-0.2, -0.15) is 0 Å². The highest BCUT2D eigenvalue weighted by atomic mass is 16.3. The van der Waals surface area contributed by atoms with Crippen molar-refractivity contribution in [2.45, 2.75) is 87.9 Å². The number of fused-ring (bicyclic) bond motifs is 11. The van der Waals surface area contributed by atoms with Gasteiger partial charge in [0.05, 0.1) is 0 Å². The van der Waals surface area contributed by atoms with Gasteiger partial charge in [-0.25, -0.2) is 0 Å². The quantitative estimate of drug-likeness (QED) is 0.542. The molecular weight excluding hydrogens is 376 g/mol. The van der Waals surface area contributed by atoms with Crippen LogP contribution in [0.5, 0.6) is 5.75 Å². The number of phenolic OH excluding ortho intramolecular Hbond substituents is 1. The van der Waals surface area contributed by atoms with E-state index in [9.17, 15) is 5.11 Å². The van der Waals surface area contributed by atoms with Crippen LogP contribution in [0.2, 0.25) is 0 Å². The molecule has 2 aromatic rings. The molecule has 0 spiro atoms. The maximum atomic E-state index is 11.8. The average molecular weight is 413 g/mol. The van der Waals surface area contributed by atoms with Crippen molar-refractivity contribution in [3.63, 3.8) is 0 Å². The summed E-state index contributed by atoms with van der Waals surface area (Å²) in [6.07, 6.45) is 17.1. The number of aromatic hydroxyl groups is 1. The zero-order valence-corrected chi connectivity index (χ0v) is 18.8. The van der Waals surface area contributed by atoms with Gasteiger partial charge in [-0.15, -0.1) is 0 Å². The van der Waals surface area contributed by atoms with E-state index >= 15 is 0 Å². The van der Waals surface area contributed by atoms with Crippen LogP contribution in [0.3, 0.4) is 0 Å². The molecule has 0 heterocycles. The SMILES string of the molecule is Oc1c(C23CCCC2C2CCC3C2)cc(C23CCCC2C2CCC3C2)c2ccccc12. The minimum absolute atomic E-state index is 0.286. The Hall–Kier alpha value is -1.50. The van der Waals surface area contributed by atoms with Gasteiger partial charge in [-0.1, -0.05) is 43.2 Å². The molecule has 6 fully saturated rings. The molecule has 0 aliphatic heterocycles. The molecule has 1 N–H and O–H groups in total. The van der Waals surface area contributed by atoms with Crippen molar-refractivity contribution in [3.8, 4) is 5.75 Å². The van der Waals surface area contributed by atoms with Crippen LogP contribution < -0.4 is 0 Å². The lowest BCUT2D eigenvalue weighted by Crippen LogP contribution is -2.39. The first-order chi connectivity index (χ1) is 15.2. The third kappa shape index (κ3) is 1.94. The second-order valence-corrected chi connectivity index (χ2v) is 12.5. The zero-order chi connectivity index (χ0) is 20.4. The largest absolute Gasteiger partial charge is 0.507 e. The molecule has 8 atom stereocenters. The molecule has 6 aliphatic rings. The molecule has 1 heteroatoms. The summed E-state index contributed by atoms with van der Waals surface area (Å²) in [5, 5.41) is 14.4. The summed E-state index contributed by atoms with van der Waals surface area (Å²) < 4.78 is 0. The van der Waals surface area contributed by atoms with Crippen molar-refractivity contribution in [1.82, 2.24) is 0 Å². The molecule has 4 bridgehead atoms. The van der Waals surface area contributed by atoms with Gasteiger partial charge in [-0.3, -0.25) is 0 Å². The van der Waals surface area contributed by atoms with E-state index in [1.807, 2.05) is 0 Å². The molecule has 0 radical (unpaired) electrons. The molecule has 31 heavy (non-hydrogen) atoms. The Morgan fingerprint density at radius 3 is 1.90 bits per heavy atom. The molecule has 0 amide bonds. The highest BCUT2D eigenvalue weighted by Crippen LogP contribution is 2.71. The number of rotatable bonds is 2. The molecule has 6 aliphatic carbocycles. The van der Waals surface area contributed by atoms with Crippen LogP contribution in [0.25, 0.3) is 10.8 Å². The van der Waals surface area contributed by atoms with Crippen LogP contribution in [-0.2, 0) is 10.8 Å². The second kappa shape index (κ2) is 5.89. The molecule has 0 saturated heterocycles. The topological polar surface area (TPSA) is 20.2 Å². The first kappa shape index (κ1) is 18.0. The smallest absolute Gasteiger partial charge is 0.127 e. The van der Waals surface area contributed by atoms with Crippen LogP contribution in [0.1, 0.15) is 88.2 Å². The molecule has 8 unspecified atom stereocenters. The Labute approximate surface area is 186 Å². The number of benzene rings is 2. The molecule has 6 saturated carbocycles. The number of phenols is 1. The Balaban J connectivity index is 1.42. The lowest BCUT2D eigenvalue weighted by molar-refractivity contribution is 0.194. The van der Waals surface area contributed by atoms with Crippen LogP contribution in [-0.4, -0.2) is 5.11 Å². The maximum absolute atomic E-state index is 11.8. The second-order valence-electron chi connectivity index (χ2n) is 12.5. The van der Waals surface area contributed by atoms with Crippen LogP contribution >= 0.6 is 0 Å². The van der Waals surface area contributed by atoms with Crippen molar-refractivity contribution >= 4 is 10.8 Å². The van der Waals surface area contributed by atoms with E-state index < -0.39 is 0 Å². The van der Waals surface area contributed by atoms with E-state index in [0.29, 0.717) is 11.2 Å². The van der Waals surface area contributed by atoms with Crippen molar-refractivity contribution in [1.29, 1.82) is 0 Å². The van der Waals surface area contributed by atoms with Gasteiger partial charge < -0.3 is 5.11 Å². The molecule has 162 valence electrons. The number of hydrogen-bond donors (Lipinski definition) is 1. The molecule has 0 aromatic heterocycles. The third-order valence-corrected chi connectivity index (χ3v) is 12.1. The highest BCUT2D eigenvalue weighted by Gasteiger charge is 2.63. The fourth-order valence-electron chi connectivity index (χ4n) is 11.3. The normalized spacial score (nSPS) is 46.8. The maximum Gasteiger partial charge on any atom is 0.127 e. The van der Waals surface area contributed by atoms with Gasteiger partial charge in [0.1, 0.15) is 5.75 Å². The average Bonchev–Trinajstić information content (AvgIpc) is 3.61. The summed E-state index contributed by atoms with van der Waals surface area (Å²) in [5.41, 5.74) is 3.77. The summed E-state index contributed by atoms with van der Waals surface area (Å²) in [6, 6.07) is 11.6. The first-order valence-corrected chi connectivity index (χ1v) is 13.5. The Morgan fingerprint density at radius 2 is 1.26 bits per heavy atom. The lowest BCUT2D eigenvalue weighted by atomic mass is 9.59. The molecule has 2 aromatic carbocycles. The van der Waals surface area contributed by atoms with Crippen LogP contribution in [0.4, 0.5) is 0 Å². The summed E-state index contributed by atoms with van der Waals surface area (Å²) >= 11 is 0. The lowest BCUT2D eigenvalue weighted by Gasteiger charge is -2.44. The van der Waals surface area contributed by atoms with Gasteiger partial charge in [0.2, 0.25) is 0 Å². The van der Waals surface area contributed by atoms with Gasteiger partial charge in [-0.05, 0) is 111 Å². The van der Waals surface area contributed by atoms with E-state index in [4.69, 9.17) is 0 Å². The van der Waals surface area contributed by atoms with Crippen LogP contribution in [0, 0.1) is 35.5 Å². The van der Waals surface area contributed by atoms with Gasteiger partial charge >= 0.3 is 0 Å².